The fourth-order valence-corrected chi connectivity index (χ4v) is 2.58. The first-order valence-corrected chi connectivity index (χ1v) is 7.07. The van der Waals surface area contributed by atoms with Gasteiger partial charge >= 0.3 is 0 Å². The van der Waals surface area contributed by atoms with E-state index in [2.05, 4.69) is 15.3 Å². The summed E-state index contributed by atoms with van der Waals surface area (Å²) < 4.78 is 5.56. The standard InChI is InChI=1S/C14H24N4O/c1-11(2)19-12-5-8-16-13(18-12)17-10-14(9-15)6-3-4-7-14/h5,8,11H,3-4,6-7,9-10,15H2,1-2H3,(H,16,17,18). The van der Waals surface area contributed by atoms with Gasteiger partial charge in [0, 0.05) is 18.8 Å². The van der Waals surface area contributed by atoms with Crippen LogP contribution in [0.15, 0.2) is 12.3 Å². The average Bonchev–Trinajstić information content (AvgIpc) is 2.86. The van der Waals surface area contributed by atoms with Gasteiger partial charge in [0.2, 0.25) is 11.8 Å². The van der Waals surface area contributed by atoms with E-state index < -0.39 is 0 Å². The molecule has 0 atom stereocenters. The number of rotatable bonds is 6. The molecule has 1 aliphatic rings. The van der Waals surface area contributed by atoms with Crippen LogP contribution in [0.1, 0.15) is 39.5 Å². The van der Waals surface area contributed by atoms with E-state index in [0.717, 1.165) is 13.1 Å². The summed E-state index contributed by atoms with van der Waals surface area (Å²) in [6.45, 7) is 5.53. The molecule has 5 nitrogen and oxygen atoms in total. The molecule has 3 N–H and O–H groups in total. The van der Waals surface area contributed by atoms with Crippen molar-refractivity contribution >= 4 is 5.95 Å². The second kappa shape index (κ2) is 6.19. The van der Waals surface area contributed by atoms with Crippen LogP contribution in [0, 0.1) is 5.41 Å². The van der Waals surface area contributed by atoms with Gasteiger partial charge in [0.05, 0.1) is 6.10 Å². The van der Waals surface area contributed by atoms with Crippen molar-refractivity contribution in [3.8, 4) is 5.88 Å². The highest BCUT2D eigenvalue weighted by Crippen LogP contribution is 2.36. The lowest BCUT2D eigenvalue weighted by atomic mass is 9.86. The summed E-state index contributed by atoms with van der Waals surface area (Å²) in [5, 5.41) is 3.31. The largest absolute Gasteiger partial charge is 0.475 e. The first kappa shape index (κ1) is 14.1. The molecule has 1 fully saturated rings. The second-order valence-corrected chi connectivity index (χ2v) is 5.65. The zero-order chi connectivity index (χ0) is 13.7. The molecule has 0 radical (unpaired) electrons. The Labute approximate surface area is 115 Å². The van der Waals surface area contributed by atoms with Crippen molar-refractivity contribution in [1.29, 1.82) is 0 Å². The van der Waals surface area contributed by atoms with Crippen LogP contribution < -0.4 is 15.8 Å². The normalized spacial score (nSPS) is 17.7. The van der Waals surface area contributed by atoms with Crippen LogP contribution in [0.5, 0.6) is 5.88 Å². The molecule has 1 aliphatic carbocycles. The Kier molecular flexibility index (Phi) is 4.58. The molecule has 0 amide bonds. The zero-order valence-electron chi connectivity index (χ0n) is 11.9. The van der Waals surface area contributed by atoms with Crippen LogP contribution in [0.3, 0.4) is 0 Å². The Hall–Kier alpha value is -1.36. The van der Waals surface area contributed by atoms with Gasteiger partial charge in [-0.2, -0.15) is 4.98 Å². The van der Waals surface area contributed by atoms with E-state index in [9.17, 15) is 0 Å². The van der Waals surface area contributed by atoms with Crippen LogP contribution >= 0.6 is 0 Å². The predicted molar refractivity (Wildman–Crippen MR) is 76.2 cm³/mol. The number of hydrogen-bond donors (Lipinski definition) is 2. The number of anilines is 1. The molecule has 0 aromatic carbocycles. The molecule has 106 valence electrons. The third-order valence-electron chi connectivity index (χ3n) is 3.71. The molecule has 2 rings (SSSR count). The first-order valence-electron chi connectivity index (χ1n) is 7.07. The van der Waals surface area contributed by atoms with Gasteiger partial charge in [-0.05, 0) is 38.6 Å². The molecule has 1 aromatic heterocycles. The van der Waals surface area contributed by atoms with Gasteiger partial charge < -0.3 is 15.8 Å². The van der Waals surface area contributed by atoms with Crippen LogP contribution in [-0.4, -0.2) is 29.2 Å². The van der Waals surface area contributed by atoms with Gasteiger partial charge in [0.1, 0.15) is 0 Å². The van der Waals surface area contributed by atoms with Crippen LogP contribution in [0.2, 0.25) is 0 Å². The Morgan fingerprint density at radius 3 is 2.79 bits per heavy atom. The molecule has 0 aliphatic heterocycles. The molecule has 0 unspecified atom stereocenters. The molecule has 0 saturated heterocycles. The highest BCUT2D eigenvalue weighted by atomic mass is 16.5. The summed E-state index contributed by atoms with van der Waals surface area (Å²) in [5.41, 5.74) is 6.14. The summed E-state index contributed by atoms with van der Waals surface area (Å²) in [5.74, 6) is 1.23. The number of ether oxygens (including phenoxy) is 1. The van der Waals surface area contributed by atoms with Gasteiger partial charge in [-0.1, -0.05) is 12.8 Å². The van der Waals surface area contributed by atoms with Gasteiger partial charge in [0.25, 0.3) is 0 Å². The molecule has 19 heavy (non-hydrogen) atoms. The maximum Gasteiger partial charge on any atom is 0.225 e. The molecule has 1 heterocycles. The highest BCUT2D eigenvalue weighted by molar-refractivity contribution is 5.28. The molecule has 1 aromatic rings. The Bertz CT molecular complexity index is 402. The van der Waals surface area contributed by atoms with E-state index in [-0.39, 0.29) is 11.5 Å². The molecule has 1 saturated carbocycles. The Morgan fingerprint density at radius 2 is 2.16 bits per heavy atom. The summed E-state index contributed by atoms with van der Waals surface area (Å²) >= 11 is 0. The number of nitrogens with two attached hydrogens (primary N) is 1. The lowest BCUT2D eigenvalue weighted by Crippen LogP contribution is -2.35. The molecule has 0 spiro atoms. The van der Waals surface area contributed by atoms with Crippen LogP contribution in [0.4, 0.5) is 5.95 Å². The predicted octanol–water partition coefficient (Wildman–Crippen LogP) is 2.19. The third-order valence-corrected chi connectivity index (χ3v) is 3.71. The molecule has 0 bridgehead atoms. The molecular formula is C14H24N4O. The van der Waals surface area contributed by atoms with Crippen LogP contribution in [-0.2, 0) is 0 Å². The number of nitrogens with zero attached hydrogens (tertiary/aromatic N) is 2. The zero-order valence-corrected chi connectivity index (χ0v) is 11.9. The van der Waals surface area contributed by atoms with Gasteiger partial charge in [0.15, 0.2) is 0 Å². The minimum atomic E-state index is 0.118. The van der Waals surface area contributed by atoms with Gasteiger partial charge in [-0.25, -0.2) is 4.98 Å². The van der Waals surface area contributed by atoms with E-state index in [1.165, 1.54) is 25.7 Å². The minimum Gasteiger partial charge on any atom is -0.475 e. The third kappa shape index (κ3) is 3.80. The van der Waals surface area contributed by atoms with Gasteiger partial charge in [-0.15, -0.1) is 0 Å². The number of nitrogens with one attached hydrogen (secondary N) is 1. The fraction of sp³-hybridized carbons (Fsp3) is 0.714. The molecular weight excluding hydrogens is 240 g/mol. The summed E-state index contributed by atoms with van der Waals surface area (Å²) in [4.78, 5) is 8.58. The Balaban J connectivity index is 1.95. The van der Waals surface area contributed by atoms with Crippen molar-refractivity contribution in [2.75, 3.05) is 18.4 Å². The number of aromatic nitrogens is 2. The Morgan fingerprint density at radius 1 is 1.42 bits per heavy atom. The summed E-state index contributed by atoms with van der Waals surface area (Å²) in [6.07, 6.45) is 6.77. The average molecular weight is 264 g/mol. The number of hydrogen-bond acceptors (Lipinski definition) is 5. The van der Waals surface area contributed by atoms with Crippen molar-refractivity contribution in [3.63, 3.8) is 0 Å². The smallest absolute Gasteiger partial charge is 0.225 e. The van der Waals surface area contributed by atoms with Gasteiger partial charge in [-0.3, -0.25) is 0 Å². The minimum absolute atomic E-state index is 0.118. The lowest BCUT2D eigenvalue weighted by Gasteiger charge is -2.27. The second-order valence-electron chi connectivity index (χ2n) is 5.65. The SMILES string of the molecule is CC(C)Oc1ccnc(NCC2(CN)CCCC2)n1. The van der Waals surface area contributed by atoms with E-state index >= 15 is 0 Å². The van der Waals surface area contributed by atoms with Crippen molar-refractivity contribution < 1.29 is 4.74 Å². The summed E-state index contributed by atoms with van der Waals surface area (Å²) in [7, 11) is 0. The lowest BCUT2D eigenvalue weighted by molar-refractivity contribution is 0.232. The maximum absolute atomic E-state index is 5.92. The van der Waals surface area contributed by atoms with E-state index in [0.29, 0.717) is 11.8 Å². The van der Waals surface area contributed by atoms with Crippen molar-refractivity contribution in [2.24, 2.45) is 11.1 Å². The van der Waals surface area contributed by atoms with E-state index in [4.69, 9.17) is 10.5 Å². The van der Waals surface area contributed by atoms with Crippen molar-refractivity contribution in [3.05, 3.63) is 12.3 Å². The van der Waals surface area contributed by atoms with E-state index in [1.54, 1.807) is 12.3 Å². The topological polar surface area (TPSA) is 73.1 Å². The van der Waals surface area contributed by atoms with Crippen LogP contribution in [0.25, 0.3) is 0 Å². The molecule has 5 heteroatoms. The monoisotopic (exact) mass is 264 g/mol. The fourth-order valence-electron chi connectivity index (χ4n) is 2.58. The summed E-state index contributed by atoms with van der Waals surface area (Å²) in [6, 6.07) is 1.78. The first-order chi connectivity index (χ1) is 9.13. The quantitative estimate of drug-likeness (QED) is 0.824. The maximum atomic E-state index is 5.92. The van der Waals surface area contributed by atoms with E-state index in [1.807, 2.05) is 13.8 Å². The highest BCUT2D eigenvalue weighted by Gasteiger charge is 2.32. The van der Waals surface area contributed by atoms with Crippen molar-refractivity contribution in [1.82, 2.24) is 9.97 Å². The van der Waals surface area contributed by atoms with Crippen molar-refractivity contribution in [2.45, 2.75) is 45.6 Å².